The quantitative estimate of drug-likeness (QED) is 0.729. The van der Waals surface area contributed by atoms with Gasteiger partial charge in [-0.1, -0.05) is 19.8 Å². The van der Waals surface area contributed by atoms with E-state index in [1.54, 1.807) is 0 Å². The average Bonchev–Trinajstić information content (AvgIpc) is 2.20. The summed E-state index contributed by atoms with van der Waals surface area (Å²) in [5.74, 6) is 0. The van der Waals surface area contributed by atoms with E-state index in [2.05, 4.69) is 31.1 Å². The van der Waals surface area contributed by atoms with Crippen LogP contribution in [0.3, 0.4) is 0 Å². The van der Waals surface area contributed by atoms with Crippen LogP contribution in [-0.4, -0.2) is 37.1 Å². The SMILES string of the molecule is CCCC(CN1CCCCC1C)NC. The Morgan fingerprint density at radius 3 is 2.79 bits per heavy atom. The third kappa shape index (κ3) is 3.58. The number of hydrogen-bond donors (Lipinski definition) is 1. The molecule has 2 atom stereocenters. The second-order valence-corrected chi connectivity index (χ2v) is 4.61. The third-order valence-electron chi connectivity index (χ3n) is 3.44. The Hall–Kier alpha value is -0.0800. The van der Waals surface area contributed by atoms with Crippen molar-refractivity contribution in [2.24, 2.45) is 0 Å². The van der Waals surface area contributed by atoms with Crippen molar-refractivity contribution < 1.29 is 0 Å². The first-order valence-electron chi connectivity index (χ1n) is 6.19. The van der Waals surface area contributed by atoms with E-state index in [0.29, 0.717) is 6.04 Å². The van der Waals surface area contributed by atoms with Gasteiger partial charge in [0.05, 0.1) is 0 Å². The fourth-order valence-electron chi connectivity index (χ4n) is 2.39. The summed E-state index contributed by atoms with van der Waals surface area (Å²) in [5.41, 5.74) is 0. The molecule has 1 fully saturated rings. The van der Waals surface area contributed by atoms with Crippen molar-refractivity contribution in [1.82, 2.24) is 10.2 Å². The minimum Gasteiger partial charge on any atom is -0.316 e. The molecule has 2 heteroatoms. The monoisotopic (exact) mass is 198 g/mol. The van der Waals surface area contributed by atoms with Crippen LogP contribution in [-0.2, 0) is 0 Å². The Balaban J connectivity index is 2.31. The van der Waals surface area contributed by atoms with Crippen LogP contribution in [0.4, 0.5) is 0 Å². The van der Waals surface area contributed by atoms with E-state index in [9.17, 15) is 0 Å². The van der Waals surface area contributed by atoms with Crippen molar-refractivity contribution in [3.05, 3.63) is 0 Å². The molecule has 2 unspecified atom stereocenters. The molecule has 0 aromatic rings. The predicted octanol–water partition coefficient (Wildman–Crippen LogP) is 2.25. The van der Waals surface area contributed by atoms with Gasteiger partial charge < -0.3 is 5.32 Å². The number of nitrogens with zero attached hydrogens (tertiary/aromatic N) is 1. The predicted molar refractivity (Wildman–Crippen MR) is 62.6 cm³/mol. The van der Waals surface area contributed by atoms with E-state index >= 15 is 0 Å². The van der Waals surface area contributed by atoms with Gasteiger partial charge in [0.1, 0.15) is 0 Å². The number of piperidine rings is 1. The van der Waals surface area contributed by atoms with Crippen LogP contribution in [0.25, 0.3) is 0 Å². The molecule has 1 aliphatic rings. The Bertz CT molecular complexity index is 147. The molecule has 1 heterocycles. The molecule has 0 aromatic carbocycles. The van der Waals surface area contributed by atoms with E-state index < -0.39 is 0 Å². The molecule has 1 N–H and O–H groups in total. The third-order valence-corrected chi connectivity index (χ3v) is 3.44. The molecule has 0 radical (unpaired) electrons. The second kappa shape index (κ2) is 6.41. The molecular formula is C12H26N2. The Kier molecular flexibility index (Phi) is 5.49. The molecule has 2 nitrogen and oxygen atoms in total. The fraction of sp³-hybridized carbons (Fsp3) is 1.00. The second-order valence-electron chi connectivity index (χ2n) is 4.61. The number of nitrogens with one attached hydrogen (secondary N) is 1. The van der Waals surface area contributed by atoms with E-state index in [-0.39, 0.29) is 0 Å². The maximum atomic E-state index is 3.43. The van der Waals surface area contributed by atoms with Gasteiger partial charge in [0.2, 0.25) is 0 Å². The van der Waals surface area contributed by atoms with Gasteiger partial charge in [-0.2, -0.15) is 0 Å². The minimum absolute atomic E-state index is 0.695. The lowest BCUT2D eigenvalue weighted by atomic mass is 10.0. The van der Waals surface area contributed by atoms with Crippen LogP contribution in [0.5, 0.6) is 0 Å². The van der Waals surface area contributed by atoms with Gasteiger partial charge in [0.25, 0.3) is 0 Å². The molecular weight excluding hydrogens is 172 g/mol. The van der Waals surface area contributed by atoms with Crippen molar-refractivity contribution in [2.75, 3.05) is 20.1 Å². The molecule has 0 spiro atoms. The normalized spacial score (nSPS) is 26.4. The maximum absolute atomic E-state index is 3.43. The van der Waals surface area contributed by atoms with Gasteiger partial charge in [0.15, 0.2) is 0 Å². The highest BCUT2D eigenvalue weighted by atomic mass is 15.2. The van der Waals surface area contributed by atoms with Gasteiger partial charge >= 0.3 is 0 Å². The smallest absolute Gasteiger partial charge is 0.0192 e. The Morgan fingerprint density at radius 2 is 2.21 bits per heavy atom. The largest absolute Gasteiger partial charge is 0.316 e. The summed E-state index contributed by atoms with van der Waals surface area (Å²) in [6.07, 6.45) is 6.80. The number of hydrogen-bond acceptors (Lipinski definition) is 2. The van der Waals surface area contributed by atoms with Gasteiger partial charge in [-0.05, 0) is 39.8 Å². The van der Waals surface area contributed by atoms with Gasteiger partial charge in [-0.15, -0.1) is 0 Å². The molecule has 0 aromatic heterocycles. The van der Waals surface area contributed by atoms with Crippen molar-refractivity contribution in [2.45, 2.75) is 58.0 Å². The van der Waals surface area contributed by atoms with Gasteiger partial charge in [-0.25, -0.2) is 0 Å². The van der Waals surface area contributed by atoms with Crippen molar-refractivity contribution >= 4 is 0 Å². The lowest BCUT2D eigenvalue weighted by Crippen LogP contribution is -2.45. The minimum atomic E-state index is 0.695. The number of likely N-dealkylation sites (tertiary alicyclic amines) is 1. The standard InChI is InChI=1S/C12H26N2/c1-4-7-12(13-3)10-14-9-6-5-8-11(14)2/h11-13H,4-10H2,1-3H3. The highest BCUT2D eigenvalue weighted by Gasteiger charge is 2.20. The molecule has 1 rings (SSSR count). The summed E-state index contributed by atoms with van der Waals surface area (Å²) in [6.45, 7) is 7.19. The van der Waals surface area contributed by atoms with Crippen LogP contribution in [0, 0.1) is 0 Å². The summed E-state index contributed by atoms with van der Waals surface area (Å²) in [6, 6.07) is 1.50. The number of likely N-dealkylation sites (N-methyl/N-ethyl adjacent to an activating group) is 1. The average molecular weight is 198 g/mol. The lowest BCUT2D eigenvalue weighted by molar-refractivity contribution is 0.143. The van der Waals surface area contributed by atoms with E-state index in [0.717, 1.165) is 6.04 Å². The Morgan fingerprint density at radius 1 is 1.43 bits per heavy atom. The Labute approximate surface area is 89.1 Å². The summed E-state index contributed by atoms with van der Waals surface area (Å²) in [5, 5.41) is 3.43. The van der Waals surface area contributed by atoms with Crippen LogP contribution < -0.4 is 5.32 Å². The first-order chi connectivity index (χ1) is 6.77. The van der Waals surface area contributed by atoms with Crippen LogP contribution in [0.15, 0.2) is 0 Å². The van der Waals surface area contributed by atoms with Crippen molar-refractivity contribution in [3.8, 4) is 0 Å². The lowest BCUT2D eigenvalue weighted by Gasteiger charge is -2.35. The number of rotatable bonds is 5. The fourth-order valence-corrected chi connectivity index (χ4v) is 2.39. The molecule has 14 heavy (non-hydrogen) atoms. The van der Waals surface area contributed by atoms with E-state index in [4.69, 9.17) is 0 Å². The van der Waals surface area contributed by atoms with Crippen LogP contribution >= 0.6 is 0 Å². The molecule has 0 saturated carbocycles. The zero-order valence-corrected chi connectivity index (χ0v) is 10.1. The van der Waals surface area contributed by atoms with Gasteiger partial charge in [-0.3, -0.25) is 4.90 Å². The maximum Gasteiger partial charge on any atom is 0.0192 e. The first kappa shape index (κ1) is 12.0. The molecule has 84 valence electrons. The molecule has 1 aliphatic heterocycles. The topological polar surface area (TPSA) is 15.3 Å². The van der Waals surface area contributed by atoms with Gasteiger partial charge in [0, 0.05) is 18.6 Å². The summed E-state index contributed by atoms with van der Waals surface area (Å²) >= 11 is 0. The molecule has 0 bridgehead atoms. The highest BCUT2D eigenvalue weighted by molar-refractivity contribution is 4.77. The van der Waals surface area contributed by atoms with Crippen LogP contribution in [0.1, 0.15) is 46.0 Å². The van der Waals surface area contributed by atoms with E-state index in [1.165, 1.54) is 45.2 Å². The zero-order valence-electron chi connectivity index (χ0n) is 10.1. The van der Waals surface area contributed by atoms with Crippen molar-refractivity contribution in [3.63, 3.8) is 0 Å². The highest BCUT2D eigenvalue weighted by Crippen LogP contribution is 2.17. The van der Waals surface area contributed by atoms with E-state index in [1.807, 2.05) is 0 Å². The molecule has 0 aliphatic carbocycles. The van der Waals surface area contributed by atoms with Crippen molar-refractivity contribution in [1.29, 1.82) is 0 Å². The van der Waals surface area contributed by atoms with Crippen LogP contribution in [0.2, 0.25) is 0 Å². The molecule has 1 saturated heterocycles. The summed E-state index contributed by atoms with van der Waals surface area (Å²) < 4.78 is 0. The first-order valence-corrected chi connectivity index (χ1v) is 6.19. The summed E-state index contributed by atoms with van der Waals surface area (Å²) in [7, 11) is 2.09. The summed E-state index contributed by atoms with van der Waals surface area (Å²) in [4.78, 5) is 2.65. The molecule has 0 amide bonds. The zero-order chi connectivity index (χ0) is 10.4.